The summed E-state index contributed by atoms with van der Waals surface area (Å²) >= 11 is 0. The number of hydrogen-bond acceptors (Lipinski definition) is 9. The van der Waals surface area contributed by atoms with Gasteiger partial charge in [-0.1, -0.05) is 6.07 Å². The highest BCUT2D eigenvalue weighted by Crippen LogP contribution is 2.41. The molecule has 9 nitrogen and oxygen atoms in total. The Hall–Kier alpha value is -2.43. The Bertz CT molecular complexity index is 1210. The van der Waals surface area contributed by atoms with Gasteiger partial charge < -0.3 is 25.2 Å². The summed E-state index contributed by atoms with van der Waals surface area (Å²) in [6.45, 7) is 7.97. The number of fused-ring (bicyclic) bond motifs is 2. The molecule has 0 aliphatic carbocycles. The van der Waals surface area contributed by atoms with Gasteiger partial charge in [-0.3, -0.25) is 0 Å². The van der Waals surface area contributed by atoms with Crippen LogP contribution in [0.15, 0.2) is 18.5 Å². The molecule has 0 bridgehead atoms. The molecule has 10 heteroatoms. The Morgan fingerprint density at radius 3 is 2.50 bits per heavy atom. The van der Waals surface area contributed by atoms with Crippen molar-refractivity contribution in [2.75, 3.05) is 61.0 Å². The standard InChI is InChI=1S/C26H36N6O3S/c1-18-14-20(19-4-8-31(9-5-19)21-2-6-27-7-3-21)15-23-24(18)35-16-22-25(30-23)28-17-29-26(22)32-10-12-36(33,34)13-11-32/h14-15,17,19,21,27H,2-13,16H2,1H3,(H,28,29,30). The van der Waals surface area contributed by atoms with Crippen LogP contribution >= 0.6 is 0 Å². The molecule has 0 unspecified atom stereocenters. The summed E-state index contributed by atoms with van der Waals surface area (Å²) in [6.07, 6.45) is 6.46. The number of anilines is 3. The maximum absolute atomic E-state index is 11.9. The first-order valence-electron chi connectivity index (χ1n) is 13.3. The molecule has 5 heterocycles. The smallest absolute Gasteiger partial charge is 0.153 e. The normalized spacial score (nSPS) is 23.2. The molecule has 4 aliphatic rings. The van der Waals surface area contributed by atoms with E-state index in [0.29, 0.717) is 25.6 Å². The average molecular weight is 513 g/mol. The first kappa shape index (κ1) is 23.9. The fraction of sp³-hybridized carbons (Fsp3) is 0.615. The molecule has 36 heavy (non-hydrogen) atoms. The number of benzene rings is 1. The number of aromatic nitrogens is 2. The minimum atomic E-state index is -2.96. The number of piperidine rings is 2. The molecule has 0 radical (unpaired) electrons. The molecule has 3 fully saturated rings. The molecule has 4 aliphatic heterocycles. The van der Waals surface area contributed by atoms with Crippen molar-refractivity contribution in [3.63, 3.8) is 0 Å². The third kappa shape index (κ3) is 4.78. The molecule has 3 saturated heterocycles. The van der Waals surface area contributed by atoms with Crippen LogP contribution in [-0.2, 0) is 16.4 Å². The summed E-state index contributed by atoms with van der Waals surface area (Å²) in [6, 6.07) is 5.28. The van der Waals surface area contributed by atoms with Crippen LogP contribution in [0.4, 0.5) is 17.3 Å². The van der Waals surface area contributed by atoms with Crippen molar-refractivity contribution in [3.05, 3.63) is 35.2 Å². The zero-order valence-electron chi connectivity index (χ0n) is 21.0. The molecular formula is C26H36N6O3S. The van der Waals surface area contributed by atoms with Gasteiger partial charge in [0, 0.05) is 19.1 Å². The van der Waals surface area contributed by atoms with Gasteiger partial charge in [-0.25, -0.2) is 18.4 Å². The van der Waals surface area contributed by atoms with Gasteiger partial charge in [-0.2, -0.15) is 0 Å². The molecule has 1 aromatic heterocycles. The third-order valence-electron chi connectivity index (χ3n) is 8.30. The summed E-state index contributed by atoms with van der Waals surface area (Å²) in [7, 11) is -2.96. The Morgan fingerprint density at radius 1 is 1.00 bits per heavy atom. The van der Waals surface area contributed by atoms with E-state index in [1.807, 2.05) is 4.90 Å². The van der Waals surface area contributed by atoms with Gasteiger partial charge in [0.1, 0.15) is 30.3 Å². The van der Waals surface area contributed by atoms with Crippen LogP contribution in [0.3, 0.4) is 0 Å². The largest absolute Gasteiger partial charge is 0.486 e. The third-order valence-corrected chi connectivity index (χ3v) is 9.91. The van der Waals surface area contributed by atoms with Crippen molar-refractivity contribution in [1.29, 1.82) is 0 Å². The molecule has 0 amide bonds. The molecule has 0 saturated carbocycles. The summed E-state index contributed by atoms with van der Waals surface area (Å²) < 4.78 is 30.1. The minimum Gasteiger partial charge on any atom is -0.486 e. The fourth-order valence-electron chi connectivity index (χ4n) is 6.20. The first-order valence-corrected chi connectivity index (χ1v) is 15.1. The van der Waals surface area contributed by atoms with Gasteiger partial charge in [0.25, 0.3) is 0 Å². The van der Waals surface area contributed by atoms with Gasteiger partial charge >= 0.3 is 0 Å². The van der Waals surface area contributed by atoms with Crippen LogP contribution in [0.25, 0.3) is 0 Å². The van der Waals surface area contributed by atoms with Gasteiger partial charge in [0.15, 0.2) is 9.84 Å². The van der Waals surface area contributed by atoms with Crippen molar-refractivity contribution in [1.82, 2.24) is 20.2 Å². The number of nitrogens with zero attached hydrogens (tertiary/aromatic N) is 4. The summed E-state index contributed by atoms with van der Waals surface area (Å²) in [5.74, 6) is 3.21. The molecule has 2 aromatic rings. The van der Waals surface area contributed by atoms with Crippen LogP contribution in [0.5, 0.6) is 5.75 Å². The predicted molar refractivity (Wildman–Crippen MR) is 141 cm³/mol. The average Bonchev–Trinajstić information content (AvgIpc) is 3.09. The number of nitrogens with one attached hydrogen (secondary N) is 2. The Balaban J connectivity index is 1.21. The highest BCUT2D eigenvalue weighted by Gasteiger charge is 2.30. The van der Waals surface area contributed by atoms with E-state index < -0.39 is 9.84 Å². The SMILES string of the molecule is Cc1cc(C2CCN(C3CCNCC3)CC2)cc2c1OCc1c(ncnc1N1CCS(=O)(=O)CC1)N2. The summed E-state index contributed by atoms with van der Waals surface area (Å²) in [5.41, 5.74) is 4.33. The van der Waals surface area contributed by atoms with Gasteiger partial charge in [0.05, 0.1) is 22.8 Å². The molecule has 0 spiro atoms. The van der Waals surface area contributed by atoms with Crippen LogP contribution in [0.1, 0.15) is 48.3 Å². The Kier molecular flexibility index (Phi) is 6.51. The quantitative estimate of drug-likeness (QED) is 0.643. The number of sulfone groups is 1. The highest BCUT2D eigenvalue weighted by atomic mass is 32.2. The maximum atomic E-state index is 11.9. The molecule has 2 N–H and O–H groups in total. The number of aryl methyl sites for hydroxylation is 1. The molecule has 0 atom stereocenters. The molecule has 6 rings (SSSR count). The maximum Gasteiger partial charge on any atom is 0.153 e. The molecule has 194 valence electrons. The van der Waals surface area contributed by atoms with Crippen LogP contribution < -0.4 is 20.3 Å². The van der Waals surface area contributed by atoms with E-state index in [1.54, 1.807) is 6.33 Å². The second-order valence-corrected chi connectivity index (χ2v) is 12.9. The topological polar surface area (TPSA) is 99.7 Å². The van der Waals surface area contributed by atoms with Crippen LogP contribution in [-0.4, -0.2) is 80.1 Å². The Labute approximate surface area is 213 Å². The van der Waals surface area contributed by atoms with E-state index in [0.717, 1.165) is 53.3 Å². The zero-order valence-corrected chi connectivity index (χ0v) is 21.8. The lowest BCUT2D eigenvalue weighted by molar-refractivity contribution is 0.127. The van der Waals surface area contributed by atoms with Crippen molar-refractivity contribution in [2.45, 2.75) is 51.2 Å². The predicted octanol–water partition coefficient (Wildman–Crippen LogP) is 2.59. The van der Waals surface area contributed by atoms with Crippen molar-refractivity contribution in [3.8, 4) is 5.75 Å². The van der Waals surface area contributed by atoms with Crippen molar-refractivity contribution in [2.24, 2.45) is 0 Å². The van der Waals surface area contributed by atoms with Gasteiger partial charge in [-0.05, 0) is 81.9 Å². The minimum absolute atomic E-state index is 0.152. The first-order chi connectivity index (χ1) is 17.5. The van der Waals surface area contributed by atoms with Gasteiger partial charge in [0.2, 0.25) is 0 Å². The number of hydrogen-bond donors (Lipinski definition) is 2. The number of likely N-dealkylation sites (tertiary alicyclic amines) is 1. The van der Waals surface area contributed by atoms with E-state index in [9.17, 15) is 8.42 Å². The second kappa shape index (κ2) is 9.79. The monoisotopic (exact) mass is 512 g/mol. The van der Waals surface area contributed by atoms with E-state index in [4.69, 9.17) is 4.74 Å². The summed E-state index contributed by atoms with van der Waals surface area (Å²) in [5, 5.41) is 7.02. The van der Waals surface area contributed by atoms with E-state index >= 15 is 0 Å². The van der Waals surface area contributed by atoms with Crippen molar-refractivity contribution < 1.29 is 13.2 Å². The van der Waals surface area contributed by atoms with Crippen LogP contribution in [0, 0.1) is 6.92 Å². The molecule has 1 aromatic carbocycles. The summed E-state index contributed by atoms with van der Waals surface area (Å²) in [4.78, 5) is 13.8. The lowest BCUT2D eigenvalue weighted by atomic mass is 9.87. The number of rotatable bonds is 3. The van der Waals surface area contributed by atoms with E-state index in [-0.39, 0.29) is 11.5 Å². The fourth-order valence-corrected chi connectivity index (χ4v) is 7.41. The highest BCUT2D eigenvalue weighted by molar-refractivity contribution is 7.91. The van der Waals surface area contributed by atoms with E-state index in [2.05, 4.69) is 44.6 Å². The number of ether oxygens (including phenoxy) is 1. The van der Waals surface area contributed by atoms with Crippen molar-refractivity contribution >= 4 is 27.2 Å². The van der Waals surface area contributed by atoms with E-state index in [1.165, 1.54) is 44.3 Å². The van der Waals surface area contributed by atoms with Crippen LogP contribution in [0.2, 0.25) is 0 Å². The van der Waals surface area contributed by atoms with Gasteiger partial charge in [-0.15, -0.1) is 0 Å². The molecular weight excluding hydrogens is 476 g/mol. The lowest BCUT2D eigenvalue weighted by Gasteiger charge is -2.39. The zero-order chi connectivity index (χ0) is 24.7. The Morgan fingerprint density at radius 2 is 1.75 bits per heavy atom. The second-order valence-electron chi connectivity index (χ2n) is 10.6. The lowest BCUT2D eigenvalue weighted by Crippen LogP contribution is -2.46.